The van der Waals surface area contributed by atoms with Crippen molar-refractivity contribution in [2.45, 2.75) is 32.7 Å². The lowest BCUT2D eigenvalue weighted by Gasteiger charge is -2.18. The van der Waals surface area contributed by atoms with Gasteiger partial charge in [-0.1, -0.05) is 13.8 Å². The molecule has 0 aromatic carbocycles. The van der Waals surface area contributed by atoms with Crippen LogP contribution in [0.1, 0.15) is 26.7 Å². The molecule has 1 rings (SSSR count). The van der Waals surface area contributed by atoms with Gasteiger partial charge in [0.25, 0.3) is 0 Å². The molecule has 0 heterocycles. The van der Waals surface area contributed by atoms with E-state index in [1.807, 2.05) is 13.8 Å². The molecule has 1 amide bonds. The van der Waals surface area contributed by atoms with Crippen LogP contribution in [0.4, 0.5) is 0 Å². The third-order valence-corrected chi connectivity index (χ3v) is 2.30. The molecule has 1 fully saturated rings. The van der Waals surface area contributed by atoms with Crippen molar-refractivity contribution in [3.05, 3.63) is 0 Å². The summed E-state index contributed by atoms with van der Waals surface area (Å²) in [6, 6.07) is -0.148. The predicted molar refractivity (Wildman–Crippen MR) is 48.5 cm³/mol. The number of nitrogens with two attached hydrogens (primary N) is 1. The van der Waals surface area contributed by atoms with E-state index in [0.717, 1.165) is 12.5 Å². The van der Waals surface area contributed by atoms with Crippen molar-refractivity contribution in [2.24, 2.45) is 17.6 Å². The summed E-state index contributed by atoms with van der Waals surface area (Å²) >= 11 is 0. The lowest BCUT2D eigenvalue weighted by atomic mass is 10.0. The minimum Gasteiger partial charge on any atom is -0.368 e. The number of carbonyl (C=O) groups excluding carboxylic acids is 1. The maximum Gasteiger partial charge on any atom is 0.234 e. The first-order valence-electron chi connectivity index (χ1n) is 4.64. The maximum absolute atomic E-state index is 10.9. The van der Waals surface area contributed by atoms with E-state index >= 15 is 0 Å². The summed E-state index contributed by atoms with van der Waals surface area (Å²) in [6.07, 6.45) is 2.60. The highest BCUT2D eigenvalue weighted by atomic mass is 16.1. The molecule has 1 aliphatic rings. The van der Waals surface area contributed by atoms with Gasteiger partial charge in [0.05, 0.1) is 6.04 Å². The third kappa shape index (κ3) is 2.81. The number of primary amides is 1. The Morgan fingerprint density at radius 1 is 1.58 bits per heavy atom. The van der Waals surface area contributed by atoms with Gasteiger partial charge in [-0.15, -0.1) is 0 Å². The Kier molecular flexibility index (Phi) is 3.09. The molecule has 70 valence electrons. The summed E-state index contributed by atoms with van der Waals surface area (Å²) < 4.78 is 0. The predicted octanol–water partition coefficient (Wildman–Crippen LogP) is 0.496. The van der Waals surface area contributed by atoms with Gasteiger partial charge in [-0.25, -0.2) is 0 Å². The Morgan fingerprint density at radius 3 is 2.50 bits per heavy atom. The number of amides is 1. The molecule has 0 aromatic rings. The van der Waals surface area contributed by atoms with Crippen LogP contribution in [0.3, 0.4) is 0 Å². The number of carbonyl (C=O) groups is 1. The molecule has 0 aromatic heterocycles. The van der Waals surface area contributed by atoms with E-state index in [1.54, 1.807) is 0 Å². The van der Waals surface area contributed by atoms with Crippen molar-refractivity contribution in [1.29, 1.82) is 0 Å². The number of hydrogen-bond acceptors (Lipinski definition) is 2. The van der Waals surface area contributed by atoms with E-state index < -0.39 is 0 Å². The fourth-order valence-electron chi connectivity index (χ4n) is 1.28. The molecule has 0 radical (unpaired) electrons. The molecule has 0 aliphatic heterocycles. The Labute approximate surface area is 73.7 Å². The number of nitrogens with one attached hydrogen (secondary N) is 1. The highest BCUT2D eigenvalue weighted by Gasteiger charge is 2.25. The van der Waals surface area contributed by atoms with Crippen molar-refractivity contribution < 1.29 is 4.79 Å². The third-order valence-electron chi connectivity index (χ3n) is 2.30. The van der Waals surface area contributed by atoms with Gasteiger partial charge in [-0.3, -0.25) is 4.79 Å². The smallest absolute Gasteiger partial charge is 0.234 e. The molecular formula is C9H18N2O. The van der Waals surface area contributed by atoms with Crippen LogP contribution in [-0.4, -0.2) is 18.5 Å². The second-order valence-corrected chi connectivity index (χ2v) is 3.98. The molecule has 3 heteroatoms. The van der Waals surface area contributed by atoms with Crippen molar-refractivity contribution in [2.75, 3.05) is 6.54 Å². The average Bonchev–Trinajstić information content (AvgIpc) is 2.69. The van der Waals surface area contributed by atoms with Gasteiger partial charge in [-0.05, 0) is 31.2 Å². The lowest BCUT2D eigenvalue weighted by molar-refractivity contribution is -0.121. The molecule has 3 N–H and O–H groups in total. The van der Waals surface area contributed by atoms with Gasteiger partial charge in [0.15, 0.2) is 0 Å². The van der Waals surface area contributed by atoms with Gasteiger partial charge in [0.1, 0.15) is 0 Å². The van der Waals surface area contributed by atoms with Crippen molar-refractivity contribution >= 4 is 5.91 Å². The first-order valence-corrected chi connectivity index (χ1v) is 4.64. The largest absolute Gasteiger partial charge is 0.368 e. The van der Waals surface area contributed by atoms with Crippen LogP contribution in [0.25, 0.3) is 0 Å². The standard InChI is InChI=1S/C9H18N2O/c1-6(2)8(9(10)12)11-5-7-3-4-7/h6-8,11H,3-5H2,1-2H3,(H2,10,12). The second-order valence-electron chi connectivity index (χ2n) is 3.98. The normalized spacial score (nSPS) is 19.6. The molecule has 1 aliphatic carbocycles. The average molecular weight is 170 g/mol. The molecule has 1 atom stereocenters. The second kappa shape index (κ2) is 3.90. The summed E-state index contributed by atoms with van der Waals surface area (Å²) in [6.45, 7) is 4.97. The van der Waals surface area contributed by atoms with Crippen LogP contribution in [0.15, 0.2) is 0 Å². The van der Waals surface area contributed by atoms with Gasteiger partial charge < -0.3 is 11.1 Å². The molecule has 12 heavy (non-hydrogen) atoms. The highest BCUT2D eigenvalue weighted by Crippen LogP contribution is 2.27. The van der Waals surface area contributed by atoms with E-state index in [-0.39, 0.29) is 11.9 Å². The van der Waals surface area contributed by atoms with Gasteiger partial charge in [0, 0.05) is 0 Å². The summed E-state index contributed by atoms with van der Waals surface area (Å²) in [7, 11) is 0. The van der Waals surface area contributed by atoms with Crippen LogP contribution < -0.4 is 11.1 Å². The number of rotatable bonds is 5. The van der Waals surface area contributed by atoms with E-state index in [2.05, 4.69) is 5.32 Å². The summed E-state index contributed by atoms with van der Waals surface area (Å²) in [5.74, 6) is 0.859. The Balaban J connectivity index is 2.26. The fraction of sp³-hybridized carbons (Fsp3) is 0.889. The van der Waals surface area contributed by atoms with Crippen molar-refractivity contribution in [3.8, 4) is 0 Å². The molecule has 1 unspecified atom stereocenters. The van der Waals surface area contributed by atoms with E-state index in [0.29, 0.717) is 5.92 Å². The first-order chi connectivity index (χ1) is 5.61. The SMILES string of the molecule is CC(C)C(NCC1CC1)C(N)=O. The van der Waals surface area contributed by atoms with E-state index in [9.17, 15) is 4.79 Å². The van der Waals surface area contributed by atoms with Gasteiger partial charge >= 0.3 is 0 Å². The minimum atomic E-state index is -0.231. The van der Waals surface area contributed by atoms with Crippen LogP contribution in [0, 0.1) is 11.8 Å². The fourth-order valence-corrected chi connectivity index (χ4v) is 1.28. The monoisotopic (exact) mass is 170 g/mol. The van der Waals surface area contributed by atoms with Crippen molar-refractivity contribution in [3.63, 3.8) is 0 Å². The molecule has 0 saturated heterocycles. The van der Waals surface area contributed by atoms with Crippen LogP contribution >= 0.6 is 0 Å². The quantitative estimate of drug-likeness (QED) is 0.631. The van der Waals surface area contributed by atoms with Gasteiger partial charge in [-0.2, -0.15) is 0 Å². The lowest BCUT2D eigenvalue weighted by Crippen LogP contribution is -2.45. The summed E-state index contributed by atoms with van der Waals surface area (Å²) in [5.41, 5.74) is 5.24. The van der Waals surface area contributed by atoms with Crippen LogP contribution in [-0.2, 0) is 4.79 Å². The Morgan fingerprint density at radius 2 is 2.17 bits per heavy atom. The molecule has 0 spiro atoms. The topological polar surface area (TPSA) is 55.1 Å². The van der Waals surface area contributed by atoms with Crippen molar-refractivity contribution in [1.82, 2.24) is 5.32 Å². The zero-order chi connectivity index (χ0) is 9.14. The highest BCUT2D eigenvalue weighted by molar-refractivity contribution is 5.80. The molecule has 1 saturated carbocycles. The number of hydrogen-bond donors (Lipinski definition) is 2. The molecule has 3 nitrogen and oxygen atoms in total. The van der Waals surface area contributed by atoms with E-state index in [4.69, 9.17) is 5.73 Å². The zero-order valence-corrected chi connectivity index (χ0v) is 7.84. The van der Waals surface area contributed by atoms with Crippen LogP contribution in [0.2, 0.25) is 0 Å². The van der Waals surface area contributed by atoms with Gasteiger partial charge in [0.2, 0.25) is 5.91 Å². The maximum atomic E-state index is 10.9. The van der Waals surface area contributed by atoms with E-state index in [1.165, 1.54) is 12.8 Å². The summed E-state index contributed by atoms with van der Waals surface area (Å²) in [4.78, 5) is 10.9. The minimum absolute atomic E-state index is 0.148. The van der Waals surface area contributed by atoms with Crippen LogP contribution in [0.5, 0.6) is 0 Å². The Bertz CT molecular complexity index is 164. The molecule has 0 bridgehead atoms. The summed E-state index contributed by atoms with van der Waals surface area (Å²) in [5, 5.41) is 3.21. The first kappa shape index (κ1) is 9.52. The Hall–Kier alpha value is -0.570. The zero-order valence-electron chi connectivity index (χ0n) is 7.84. The molecular weight excluding hydrogens is 152 g/mol.